The number of rotatable bonds is 10. The molecule has 0 heterocycles. The SMILES string of the molecule is CC(=CC[P+](C1CCCC1)(C1CCCC1)C1CCCC1)C[P+](C1CCCC1)(C1CCCC1)C1CCCC1.[Cl][Ru][Cl]. The topological polar surface area (TPSA) is 0 Å². The minimum atomic E-state index is -0.909. The fourth-order valence-corrected chi connectivity index (χ4v) is 26.6. The first-order chi connectivity index (χ1) is 19.6. The summed E-state index contributed by atoms with van der Waals surface area (Å²) in [4.78, 5) is 0. The maximum atomic E-state index is 4.85. The summed E-state index contributed by atoms with van der Waals surface area (Å²) in [6.07, 6.45) is 44.5. The van der Waals surface area contributed by atoms with Gasteiger partial charge >= 0.3 is 34.5 Å². The summed E-state index contributed by atoms with van der Waals surface area (Å²) in [5.41, 5.74) is 8.94. The molecule has 0 radical (unpaired) electrons. The average molecular weight is 717 g/mol. The Labute approximate surface area is 266 Å². The molecule has 0 aliphatic heterocycles. The molecule has 0 bridgehead atoms. The molecule has 232 valence electrons. The summed E-state index contributed by atoms with van der Waals surface area (Å²) < 4.78 is 0. The van der Waals surface area contributed by atoms with Crippen LogP contribution in [0.4, 0.5) is 0 Å². The Balaban J connectivity index is 0.00000103. The Morgan fingerprint density at radius 2 is 0.725 bits per heavy atom. The van der Waals surface area contributed by atoms with E-state index in [2.05, 4.69) is 13.0 Å². The van der Waals surface area contributed by atoms with Crippen molar-refractivity contribution in [3.8, 4) is 0 Å². The normalized spacial score (nSPS) is 27.4. The van der Waals surface area contributed by atoms with Crippen LogP contribution in [0.5, 0.6) is 0 Å². The molecule has 6 aliphatic carbocycles. The van der Waals surface area contributed by atoms with Crippen molar-refractivity contribution in [3.63, 3.8) is 0 Å². The summed E-state index contributed by atoms with van der Waals surface area (Å²) >= 11 is -0.346. The van der Waals surface area contributed by atoms with E-state index in [1.807, 2.05) is 5.57 Å². The number of halogens is 2. The van der Waals surface area contributed by atoms with Crippen LogP contribution in [-0.4, -0.2) is 46.3 Å². The molecule has 6 fully saturated rings. The van der Waals surface area contributed by atoms with Crippen LogP contribution in [0.1, 0.15) is 161 Å². The third kappa shape index (κ3) is 7.27. The van der Waals surface area contributed by atoms with Crippen molar-refractivity contribution in [3.05, 3.63) is 11.6 Å². The first-order valence-corrected chi connectivity index (χ1v) is 26.7. The van der Waals surface area contributed by atoms with E-state index in [4.69, 9.17) is 19.4 Å². The minimum absolute atomic E-state index is 0.346. The van der Waals surface area contributed by atoms with Crippen molar-refractivity contribution < 1.29 is 15.1 Å². The third-order valence-electron chi connectivity index (χ3n) is 13.3. The van der Waals surface area contributed by atoms with Gasteiger partial charge in [0.05, 0.1) is 46.3 Å². The van der Waals surface area contributed by atoms with Crippen LogP contribution in [-0.2, 0) is 15.1 Å². The predicted octanol–water partition coefficient (Wildman–Crippen LogP) is 13.0. The summed E-state index contributed by atoms with van der Waals surface area (Å²) in [7, 11) is 7.90. The zero-order chi connectivity index (χ0) is 27.8. The van der Waals surface area contributed by atoms with Crippen LogP contribution in [0.2, 0.25) is 0 Å². The summed E-state index contributed by atoms with van der Waals surface area (Å²) in [5.74, 6) is 0. The Morgan fingerprint density at radius 1 is 0.500 bits per heavy atom. The van der Waals surface area contributed by atoms with Gasteiger partial charge in [-0.2, -0.15) is 0 Å². The van der Waals surface area contributed by atoms with Gasteiger partial charge in [-0.1, -0.05) is 0 Å². The molecule has 0 N–H and O–H groups in total. The molecule has 0 aromatic carbocycles. The van der Waals surface area contributed by atoms with Crippen LogP contribution in [0.25, 0.3) is 0 Å². The monoisotopic (exact) mass is 716 g/mol. The molecule has 0 aromatic rings. The number of hydrogen-bond acceptors (Lipinski definition) is 0. The van der Waals surface area contributed by atoms with E-state index in [0.717, 1.165) is 0 Å². The van der Waals surface area contributed by atoms with Gasteiger partial charge in [-0.15, -0.1) is 0 Å². The summed E-state index contributed by atoms with van der Waals surface area (Å²) in [6, 6.07) is 0. The number of hydrogen-bond donors (Lipinski definition) is 0. The van der Waals surface area contributed by atoms with Gasteiger partial charge < -0.3 is 0 Å². The fraction of sp³-hybridized carbons (Fsp3) is 0.943. The standard InChI is InChI=1S/C35H62P2.2ClH.Ru/c1-29(28-37(33-20-8-9-21-33,34-22-10-11-23-34)35-24-12-13-25-35)26-27-36(30-14-2-3-15-30,31-16-4-5-17-31)32-18-6-7-19-32;;;/h26,30-35H,2-25,27-28H2,1H3;2*1H;/q+2;;;+2/p-2. The molecule has 0 nitrogen and oxygen atoms in total. The van der Waals surface area contributed by atoms with E-state index in [9.17, 15) is 0 Å². The first kappa shape index (κ1) is 33.2. The molecule has 6 aliphatic rings. The van der Waals surface area contributed by atoms with Gasteiger partial charge in [-0.25, -0.2) is 0 Å². The molecule has 0 atom stereocenters. The molecule has 0 saturated heterocycles. The van der Waals surface area contributed by atoms with E-state index in [0.29, 0.717) is 0 Å². The van der Waals surface area contributed by atoms with Gasteiger partial charge in [-0.3, -0.25) is 0 Å². The van der Waals surface area contributed by atoms with Crippen LogP contribution < -0.4 is 0 Å². The van der Waals surface area contributed by atoms with Crippen molar-refractivity contribution in [2.75, 3.05) is 12.3 Å². The quantitative estimate of drug-likeness (QED) is 0.120. The van der Waals surface area contributed by atoms with Gasteiger partial charge in [0, 0.05) is 14.5 Å². The predicted molar refractivity (Wildman–Crippen MR) is 183 cm³/mol. The van der Waals surface area contributed by atoms with Gasteiger partial charge in [0.1, 0.15) is 0 Å². The fourth-order valence-electron chi connectivity index (χ4n) is 11.7. The van der Waals surface area contributed by atoms with E-state index < -0.39 is 14.5 Å². The second-order valence-corrected chi connectivity index (χ2v) is 26.7. The maximum absolute atomic E-state index is 4.85. The molecule has 0 aromatic heterocycles. The molecular formula is C35H62Cl2P2Ru+2. The molecule has 0 spiro atoms. The number of allylic oxidation sites excluding steroid dienone is 2. The Bertz CT molecular complexity index is 685. The molecule has 5 heteroatoms. The zero-order valence-corrected chi connectivity index (χ0v) is 31.0. The van der Waals surface area contributed by atoms with E-state index in [1.165, 1.54) is 34.0 Å². The second kappa shape index (κ2) is 16.4. The van der Waals surface area contributed by atoms with E-state index in [-0.39, 0.29) is 15.1 Å². The van der Waals surface area contributed by atoms with Gasteiger partial charge in [0.2, 0.25) is 0 Å². The summed E-state index contributed by atoms with van der Waals surface area (Å²) in [6.45, 7) is 2.68. The first-order valence-electron chi connectivity index (χ1n) is 17.9. The van der Waals surface area contributed by atoms with Crippen molar-refractivity contribution in [2.45, 2.75) is 195 Å². The van der Waals surface area contributed by atoms with Crippen molar-refractivity contribution in [1.29, 1.82) is 0 Å². The van der Waals surface area contributed by atoms with Crippen LogP contribution in [0.15, 0.2) is 11.6 Å². The van der Waals surface area contributed by atoms with Crippen molar-refractivity contribution in [2.24, 2.45) is 0 Å². The van der Waals surface area contributed by atoms with Gasteiger partial charge in [0.25, 0.3) is 0 Å². The van der Waals surface area contributed by atoms with Gasteiger partial charge in [0.15, 0.2) is 0 Å². The third-order valence-corrected chi connectivity index (χ3v) is 26.4. The molecule has 0 amide bonds. The van der Waals surface area contributed by atoms with Crippen LogP contribution in [0.3, 0.4) is 0 Å². The Hall–Kier alpha value is 1.80. The molecular weight excluding hydrogens is 654 g/mol. The van der Waals surface area contributed by atoms with Crippen molar-refractivity contribution >= 4 is 33.9 Å². The molecule has 40 heavy (non-hydrogen) atoms. The molecule has 6 rings (SSSR count). The summed E-state index contributed by atoms with van der Waals surface area (Å²) in [5, 5.41) is 0. The van der Waals surface area contributed by atoms with Crippen LogP contribution >= 0.6 is 33.9 Å². The Morgan fingerprint density at radius 3 is 0.975 bits per heavy atom. The van der Waals surface area contributed by atoms with Crippen molar-refractivity contribution in [1.82, 2.24) is 0 Å². The second-order valence-electron chi connectivity index (χ2n) is 15.1. The average Bonchev–Trinajstić information content (AvgIpc) is 3.84. The molecule has 0 unspecified atom stereocenters. The van der Waals surface area contributed by atoms with E-state index in [1.54, 1.807) is 166 Å². The molecule has 6 saturated carbocycles. The zero-order valence-electron chi connectivity index (χ0n) is 25.9. The van der Waals surface area contributed by atoms with E-state index >= 15 is 0 Å². The van der Waals surface area contributed by atoms with Gasteiger partial charge in [-0.05, 0) is 173 Å². The Kier molecular flexibility index (Phi) is 13.6. The van der Waals surface area contributed by atoms with Crippen LogP contribution in [0, 0.1) is 0 Å².